The second-order valence-electron chi connectivity index (χ2n) is 6.45. The van der Waals surface area contributed by atoms with Crippen molar-refractivity contribution in [3.05, 3.63) is 0 Å². The molecule has 3 saturated carbocycles. The van der Waals surface area contributed by atoms with Gasteiger partial charge in [0.2, 0.25) is 5.91 Å². The van der Waals surface area contributed by atoms with E-state index in [0.717, 1.165) is 44.1 Å². The summed E-state index contributed by atoms with van der Waals surface area (Å²) in [6.07, 6.45) is 8.36. The molecule has 1 amide bonds. The highest BCUT2D eigenvalue weighted by Gasteiger charge is 2.47. The summed E-state index contributed by atoms with van der Waals surface area (Å²) in [5, 5.41) is 3.17. The van der Waals surface area contributed by atoms with E-state index in [1.54, 1.807) is 0 Å². The van der Waals surface area contributed by atoms with Crippen LogP contribution in [0.3, 0.4) is 0 Å². The highest BCUT2D eigenvalue weighted by Crippen LogP contribution is 2.54. The highest BCUT2D eigenvalue weighted by molar-refractivity contribution is 5.79. The van der Waals surface area contributed by atoms with Gasteiger partial charge in [0.1, 0.15) is 0 Å². The van der Waals surface area contributed by atoms with E-state index in [-0.39, 0.29) is 0 Å². The molecule has 3 aliphatic rings. The van der Waals surface area contributed by atoms with Gasteiger partial charge in [-0.1, -0.05) is 0 Å². The van der Waals surface area contributed by atoms with Crippen molar-refractivity contribution in [2.75, 3.05) is 6.54 Å². The van der Waals surface area contributed by atoms with Crippen LogP contribution < -0.4 is 11.1 Å². The van der Waals surface area contributed by atoms with Crippen molar-refractivity contribution in [1.82, 2.24) is 5.32 Å². The minimum Gasteiger partial charge on any atom is -0.356 e. The largest absolute Gasteiger partial charge is 0.356 e. The number of fused-ring (bicyclic) bond motifs is 1. The summed E-state index contributed by atoms with van der Waals surface area (Å²) in [5.74, 6) is 3.14. The predicted octanol–water partition coefficient (Wildman–Crippen LogP) is 1.67. The van der Waals surface area contributed by atoms with Gasteiger partial charge in [0.15, 0.2) is 0 Å². The van der Waals surface area contributed by atoms with Crippen LogP contribution in [0.25, 0.3) is 0 Å². The van der Waals surface area contributed by atoms with Crippen LogP contribution >= 0.6 is 0 Å². The molecule has 17 heavy (non-hydrogen) atoms. The van der Waals surface area contributed by atoms with Crippen molar-refractivity contribution >= 4 is 5.91 Å². The van der Waals surface area contributed by atoms with E-state index in [1.165, 1.54) is 19.3 Å². The molecule has 2 atom stereocenters. The molecule has 3 fully saturated rings. The second kappa shape index (κ2) is 4.60. The quantitative estimate of drug-likeness (QED) is 0.783. The van der Waals surface area contributed by atoms with Crippen LogP contribution in [-0.4, -0.2) is 18.5 Å². The van der Waals surface area contributed by atoms with Crippen molar-refractivity contribution in [1.29, 1.82) is 0 Å². The Bertz CT molecular complexity index is 287. The summed E-state index contributed by atoms with van der Waals surface area (Å²) in [4.78, 5) is 12.0. The average Bonchev–Trinajstić information content (AvgIpc) is 2.95. The number of amides is 1. The lowest BCUT2D eigenvalue weighted by atomic mass is 9.86. The molecule has 3 rings (SSSR count). The monoisotopic (exact) mass is 236 g/mol. The fraction of sp³-hybridized carbons (Fsp3) is 0.929. The van der Waals surface area contributed by atoms with Gasteiger partial charge in [-0.3, -0.25) is 4.79 Å². The standard InChI is InChI=1S/C14H24N2O/c15-13-3-1-9(2-4-13)8-16-14(17)12-6-10-5-11(10)7-12/h9-13H,1-8,15H2,(H,16,17). The summed E-state index contributed by atoms with van der Waals surface area (Å²) >= 11 is 0. The molecular formula is C14H24N2O. The number of hydrogen-bond donors (Lipinski definition) is 2. The first kappa shape index (κ1) is 11.5. The Hall–Kier alpha value is -0.570. The van der Waals surface area contributed by atoms with Crippen LogP contribution in [0.15, 0.2) is 0 Å². The highest BCUT2D eigenvalue weighted by atomic mass is 16.1. The van der Waals surface area contributed by atoms with E-state index in [4.69, 9.17) is 5.73 Å². The lowest BCUT2D eigenvalue weighted by molar-refractivity contribution is -0.125. The Morgan fingerprint density at radius 2 is 1.71 bits per heavy atom. The lowest BCUT2D eigenvalue weighted by Gasteiger charge is -2.26. The van der Waals surface area contributed by atoms with Crippen molar-refractivity contribution in [2.45, 2.75) is 51.0 Å². The molecule has 3 heteroatoms. The number of nitrogens with one attached hydrogen (secondary N) is 1. The molecule has 0 heterocycles. The molecule has 0 spiro atoms. The van der Waals surface area contributed by atoms with Gasteiger partial charge in [-0.25, -0.2) is 0 Å². The summed E-state index contributed by atoms with van der Waals surface area (Å²) < 4.78 is 0. The smallest absolute Gasteiger partial charge is 0.223 e. The van der Waals surface area contributed by atoms with Crippen molar-refractivity contribution in [2.24, 2.45) is 29.4 Å². The number of nitrogens with two attached hydrogens (primary N) is 1. The maximum atomic E-state index is 12.0. The first-order valence-electron chi connectivity index (χ1n) is 7.25. The minimum atomic E-state index is 0.326. The lowest BCUT2D eigenvalue weighted by Crippen LogP contribution is -2.36. The van der Waals surface area contributed by atoms with Crippen molar-refractivity contribution in [3.63, 3.8) is 0 Å². The first-order valence-corrected chi connectivity index (χ1v) is 7.25. The molecule has 0 saturated heterocycles. The van der Waals surface area contributed by atoms with Gasteiger partial charge in [0.05, 0.1) is 0 Å². The summed E-state index contributed by atoms with van der Waals surface area (Å²) in [5.41, 5.74) is 5.89. The molecular weight excluding hydrogens is 212 g/mol. The molecule has 3 N–H and O–H groups in total. The van der Waals surface area contributed by atoms with Crippen LogP contribution in [0.4, 0.5) is 0 Å². The molecule has 0 bridgehead atoms. The summed E-state index contributed by atoms with van der Waals surface area (Å²) in [7, 11) is 0. The molecule has 0 aromatic rings. The molecule has 0 aromatic carbocycles. The zero-order valence-electron chi connectivity index (χ0n) is 10.5. The van der Waals surface area contributed by atoms with Crippen LogP contribution in [0.5, 0.6) is 0 Å². The Kier molecular flexibility index (Phi) is 3.12. The Balaban J connectivity index is 1.37. The third kappa shape index (κ3) is 2.65. The molecule has 3 aliphatic carbocycles. The first-order chi connectivity index (χ1) is 8.22. The molecule has 2 unspecified atom stereocenters. The number of carbonyl (C=O) groups is 1. The zero-order valence-corrected chi connectivity index (χ0v) is 10.5. The van der Waals surface area contributed by atoms with Gasteiger partial charge in [-0.15, -0.1) is 0 Å². The molecule has 3 nitrogen and oxygen atoms in total. The third-order valence-corrected chi connectivity index (χ3v) is 5.07. The number of carbonyl (C=O) groups excluding carboxylic acids is 1. The van der Waals surface area contributed by atoms with Gasteiger partial charge in [-0.2, -0.15) is 0 Å². The van der Waals surface area contributed by atoms with E-state index in [1.807, 2.05) is 0 Å². The van der Waals surface area contributed by atoms with Crippen LogP contribution in [0.2, 0.25) is 0 Å². The van der Waals surface area contributed by atoms with Crippen LogP contribution in [0, 0.1) is 23.7 Å². The van der Waals surface area contributed by atoms with E-state index in [2.05, 4.69) is 5.32 Å². The fourth-order valence-corrected chi connectivity index (χ4v) is 3.71. The van der Waals surface area contributed by atoms with Crippen molar-refractivity contribution in [3.8, 4) is 0 Å². The van der Waals surface area contributed by atoms with Gasteiger partial charge in [0.25, 0.3) is 0 Å². The number of rotatable bonds is 3. The van der Waals surface area contributed by atoms with E-state index in [9.17, 15) is 4.79 Å². The Morgan fingerprint density at radius 3 is 2.35 bits per heavy atom. The number of hydrogen-bond acceptors (Lipinski definition) is 2. The summed E-state index contributed by atoms with van der Waals surface area (Å²) in [6.45, 7) is 0.886. The van der Waals surface area contributed by atoms with Gasteiger partial charge < -0.3 is 11.1 Å². The average molecular weight is 236 g/mol. The predicted molar refractivity (Wildman–Crippen MR) is 67.3 cm³/mol. The maximum absolute atomic E-state index is 12.0. The molecule has 0 aliphatic heterocycles. The fourth-order valence-electron chi connectivity index (χ4n) is 3.71. The normalized spacial score (nSPS) is 44.2. The van der Waals surface area contributed by atoms with Gasteiger partial charge in [-0.05, 0) is 62.7 Å². The van der Waals surface area contributed by atoms with E-state index < -0.39 is 0 Å². The maximum Gasteiger partial charge on any atom is 0.223 e. The summed E-state index contributed by atoms with van der Waals surface area (Å²) in [6, 6.07) is 0.406. The minimum absolute atomic E-state index is 0.326. The van der Waals surface area contributed by atoms with Crippen molar-refractivity contribution < 1.29 is 4.79 Å². The Labute approximate surface area is 104 Å². The van der Waals surface area contributed by atoms with Gasteiger partial charge in [0, 0.05) is 18.5 Å². The third-order valence-electron chi connectivity index (χ3n) is 5.07. The molecule has 0 radical (unpaired) electrons. The molecule has 96 valence electrons. The van der Waals surface area contributed by atoms with Crippen LogP contribution in [-0.2, 0) is 4.79 Å². The van der Waals surface area contributed by atoms with Crippen LogP contribution in [0.1, 0.15) is 44.9 Å². The molecule has 0 aromatic heterocycles. The van der Waals surface area contributed by atoms with Gasteiger partial charge >= 0.3 is 0 Å². The van der Waals surface area contributed by atoms with E-state index >= 15 is 0 Å². The SMILES string of the molecule is NC1CCC(CNC(=O)C2CC3CC3C2)CC1. The Morgan fingerprint density at radius 1 is 1.06 bits per heavy atom. The second-order valence-corrected chi connectivity index (χ2v) is 6.45. The topological polar surface area (TPSA) is 55.1 Å². The van der Waals surface area contributed by atoms with E-state index in [0.29, 0.717) is 23.8 Å². The zero-order chi connectivity index (χ0) is 11.8.